The lowest BCUT2D eigenvalue weighted by Crippen LogP contribution is -2.57. The summed E-state index contributed by atoms with van der Waals surface area (Å²) in [6.45, 7) is 4.63. The van der Waals surface area contributed by atoms with Crippen LogP contribution in [-0.4, -0.2) is 16.1 Å². The number of hydrogen-bond donors (Lipinski definition) is 0. The average molecular weight is 747 g/mol. The minimum atomic E-state index is -2.49. The standard InChI is InChI=1S/C54H42Si2/c1-3-55(45-23-9-5-10-24-45,46-25-11-6-12-26-46)35-33-51-49-31-19-20-32-50(49)52(54-40-44-38-42-22-18-17-21-41(42)37-43(44)39-53(51)54)34-36-56(4-2,47-27-13-7-14-28-47)48-29-15-8-16-30-48/h5-32,37-40H,3-4H2,1-2H3. The summed E-state index contributed by atoms with van der Waals surface area (Å²) in [5.41, 5.74) is 10.3. The molecule has 0 unspecified atom stereocenters. The Morgan fingerprint density at radius 2 is 0.625 bits per heavy atom. The zero-order valence-electron chi connectivity index (χ0n) is 31.9. The van der Waals surface area contributed by atoms with Gasteiger partial charge >= 0.3 is 0 Å². The molecule has 0 fully saturated rings. The highest BCUT2D eigenvalue weighted by Gasteiger charge is 2.35. The van der Waals surface area contributed by atoms with E-state index in [9.17, 15) is 0 Å². The lowest BCUT2D eigenvalue weighted by Gasteiger charge is -2.26. The van der Waals surface area contributed by atoms with E-state index in [-0.39, 0.29) is 0 Å². The Labute approximate surface area is 332 Å². The Hall–Kier alpha value is -6.43. The summed E-state index contributed by atoms with van der Waals surface area (Å²) >= 11 is 0. The zero-order chi connectivity index (χ0) is 38.0. The molecule has 0 spiro atoms. The fourth-order valence-electron chi connectivity index (χ4n) is 8.73. The second kappa shape index (κ2) is 15.0. The largest absolute Gasteiger partial charge is 0.199 e. The molecule has 0 nitrogen and oxygen atoms in total. The number of rotatable bonds is 6. The van der Waals surface area contributed by atoms with E-state index < -0.39 is 16.1 Å². The van der Waals surface area contributed by atoms with Crippen LogP contribution < -0.4 is 20.7 Å². The van der Waals surface area contributed by atoms with Crippen molar-refractivity contribution < 1.29 is 0 Å². The molecule has 9 aromatic carbocycles. The molecule has 0 bridgehead atoms. The minimum absolute atomic E-state index is 0.977. The van der Waals surface area contributed by atoms with Gasteiger partial charge in [-0.2, -0.15) is 0 Å². The number of benzene rings is 9. The highest BCUT2D eigenvalue weighted by molar-refractivity contribution is 7.08. The van der Waals surface area contributed by atoms with Crippen LogP contribution in [0.15, 0.2) is 194 Å². The van der Waals surface area contributed by atoms with Crippen molar-refractivity contribution in [2.45, 2.75) is 25.9 Å². The van der Waals surface area contributed by atoms with Gasteiger partial charge < -0.3 is 0 Å². The molecule has 0 amide bonds. The summed E-state index contributed by atoms with van der Waals surface area (Å²) in [5.74, 6) is 7.91. The molecule has 0 saturated heterocycles. The second-order valence-corrected chi connectivity index (χ2v) is 22.6. The van der Waals surface area contributed by atoms with Gasteiger partial charge in [0, 0.05) is 11.1 Å². The SMILES string of the molecule is CC[Si](C#Cc1c2ccccc2c(C#C[Si](CC)(c2ccccc2)c2ccccc2)c2cc3cc4ccccc4cc3cc12)(c1ccccc1)c1ccccc1. The van der Waals surface area contributed by atoms with E-state index in [4.69, 9.17) is 0 Å². The molecule has 9 aromatic rings. The molecule has 0 saturated carbocycles. The van der Waals surface area contributed by atoms with Crippen molar-refractivity contribution in [3.63, 3.8) is 0 Å². The summed E-state index contributed by atoms with van der Waals surface area (Å²) in [7, 11) is -4.97. The van der Waals surface area contributed by atoms with E-state index >= 15 is 0 Å². The summed E-state index contributed by atoms with van der Waals surface area (Å²) in [6.07, 6.45) is 0. The maximum atomic E-state index is 4.08. The Balaban J connectivity index is 1.38. The fraction of sp³-hybridized carbons (Fsp3) is 0.0741. The van der Waals surface area contributed by atoms with Crippen molar-refractivity contribution in [2.24, 2.45) is 0 Å². The van der Waals surface area contributed by atoms with Crippen LogP contribution in [0.4, 0.5) is 0 Å². The van der Waals surface area contributed by atoms with Crippen molar-refractivity contribution in [2.75, 3.05) is 0 Å². The van der Waals surface area contributed by atoms with E-state index in [0.717, 1.165) is 44.8 Å². The van der Waals surface area contributed by atoms with Crippen molar-refractivity contribution in [3.05, 3.63) is 205 Å². The zero-order valence-corrected chi connectivity index (χ0v) is 33.9. The maximum Gasteiger partial charge on any atom is 0.199 e. The second-order valence-electron chi connectivity index (χ2n) is 14.7. The van der Waals surface area contributed by atoms with Crippen LogP contribution >= 0.6 is 0 Å². The lowest BCUT2D eigenvalue weighted by molar-refractivity contribution is 1.41. The quantitative estimate of drug-likeness (QED) is 0.0903. The molecule has 56 heavy (non-hydrogen) atoms. The summed E-state index contributed by atoms with van der Waals surface area (Å²) < 4.78 is 0. The number of hydrogen-bond acceptors (Lipinski definition) is 0. The highest BCUT2D eigenvalue weighted by atomic mass is 28.3. The van der Waals surface area contributed by atoms with E-state index in [2.05, 4.69) is 231 Å². The molecule has 0 radical (unpaired) electrons. The predicted molar refractivity (Wildman–Crippen MR) is 247 cm³/mol. The highest BCUT2D eigenvalue weighted by Crippen LogP contribution is 2.36. The van der Waals surface area contributed by atoms with E-state index in [0.29, 0.717) is 0 Å². The Morgan fingerprint density at radius 3 is 0.946 bits per heavy atom. The first-order valence-corrected chi connectivity index (χ1v) is 24.1. The molecule has 0 N–H and O–H groups in total. The molecular weight excluding hydrogens is 705 g/mol. The van der Waals surface area contributed by atoms with E-state index in [1.165, 1.54) is 42.3 Å². The van der Waals surface area contributed by atoms with Gasteiger partial charge in [0.05, 0.1) is 0 Å². The minimum Gasteiger partial charge on any atom is -0.115 e. The third-order valence-electron chi connectivity index (χ3n) is 11.8. The average Bonchev–Trinajstić information content (AvgIpc) is 3.27. The van der Waals surface area contributed by atoms with Gasteiger partial charge in [0.25, 0.3) is 0 Å². The Kier molecular flexibility index (Phi) is 9.46. The van der Waals surface area contributed by atoms with Gasteiger partial charge in [-0.05, 0) is 100 Å². The molecular formula is C54H42Si2. The third kappa shape index (κ3) is 6.15. The molecule has 2 heteroatoms. The first-order valence-electron chi connectivity index (χ1n) is 19.7. The van der Waals surface area contributed by atoms with E-state index in [1.54, 1.807) is 0 Å². The molecule has 0 aromatic heterocycles. The normalized spacial score (nSPS) is 11.6. The molecule has 0 aliphatic carbocycles. The first kappa shape index (κ1) is 35.3. The van der Waals surface area contributed by atoms with Crippen LogP contribution in [-0.2, 0) is 0 Å². The molecule has 9 rings (SSSR count). The number of fused-ring (bicyclic) bond motifs is 4. The lowest BCUT2D eigenvalue weighted by atomic mass is 9.90. The van der Waals surface area contributed by atoms with Gasteiger partial charge in [-0.15, -0.1) is 11.1 Å². The van der Waals surface area contributed by atoms with Crippen molar-refractivity contribution >= 4 is 80.0 Å². The van der Waals surface area contributed by atoms with Gasteiger partial charge in [-0.3, -0.25) is 0 Å². The molecule has 0 atom stereocenters. The van der Waals surface area contributed by atoms with Gasteiger partial charge in [-0.1, -0.05) is 196 Å². The molecule has 0 aliphatic heterocycles. The smallest absolute Gasteiger partial charge is 0.115 e. The predicted octanol–water partition coefficient (Wildman–Crippen LogP) is 10.6. The van der Waals surface area contributed by atoms with Crippen LogP contribution in [0.5, 0.6) is 0 Å². The van der Waals surface area contributed by atoms with Crippen LogP contribution in [0, 0.1) is 22.9 Å². The molecule has 0 heterocycles. The Bertz CT molecular complexity index is 2700. The molecule has 0 aliphatic rings. The Morgan fingerprint density at radius 1 is 0.321 bits per heavy atom. The van der Waals surface area contributed by atoms with Crippen LogP contribution in [0.2, 0.25) is 12.1 Å². The van der Waals surface area contributed by atoms with Crippen molar-refractivity contribution in [1.82, 2.24) is 0 Å². The van der Waals surface area contributed by atoms with Crippen LogP contribution in [0.25, 0.3) is 43.1 Å². The summed E-state index contributed by atoms with van der Waals surface area (Å²) in [5, 5.41) is 14.9. The van der Waals surface area contributed by atoms with Gasteiger partial charge in [0.2, 0.25) is 0 Å². The van der Waals surface area contributed by atoms with Crippen molar-refractivity contribution in [1.29, 1.82) is 0 Å². The first-order chi connectivity index (χ1) is 27.6. The van der Waals surface area contributed by atoms with Gasteiger partial charge in [0.15, 0.2) is 16.1 Å². The van der Waals surface area contributed by atoms with Crippen LogP contribution in [0.1, 0.15) is 25.0 Å². The monoisotopic (exact) mass is 746 g/mol. The van der Waals surface area contributed by atoms with E-state index in [1.807, 2.05) is 0 Å². The van der Waals surface area contributed by atoms with Gasteiger partial charge in [0.1, 0.15) is 0 Å². The van der Waals surface area contributed by atoms with Crippen molar-refractivity contribution in [3.8, 4) is 22.9 Å². The summed E-state index contributed by atoms with van der Waals surface area (Å²) in [6, 6.07) is 72.9. The van der Waals surface area contributed by atoms with Gasteiger partial charge in [-0.25, -0.2) is 0 Å². The topological polar surface area (TPSA) is 0 Å². The summed E-state index contributed by atoms with van der Waals surface area (Å²) in [4.78, 5) is 0. The fourth-order valence-corrected chi connectivity index (χ4v) is 15.7. The third-order valence-corrected chi connectivity index (χ3v) is 20.3. The van der Waals surface area contributed by atoms with Crippen LogP contribution in [0.3, 0.4) is 0 Å². The molecule has 266 valence electrons. The maximum absolute atomic E-state index is 4.08.